The Labute approximate surface area is 220 Å². The number of anilines is 1. The van der Waals surface area contributed by atoms with Crippen molar-refractivity contribution in [3.63, 3.8) is 0 Å². The molecule has 1 aromatic carbocycles. The topological polar surface area (TPSA) is 141 Å². The van der Waals surface area contributed by atoms with E-state index in [2.05, 4.69) is 36.7 Å². The lowest BCUT2D eigenvalue weighted by molar-refractivity contribution is -0.142. The zero-order valence-electron chi connectivity index (χ0n) is 21.5. The predicted octanol–water partition coefficient (Wildman–Crippen LogP) is 3.47. The second-order valence-electron chi connectivity index (χ2n) is 8.94. The molecule has 0 saturated heterocycles. The highest BCUT2D eigenvalue weighted by Crippen LogP contribution is 2.25. The van der Waals surface area contributed by atoms with Gasteiger partial charge in [0.15, 0.2) is 0 Å². The van der Waals surface area contributed by atoms with Crippen LogP contribution in [0.3, 0.4) is 0 Å². The Bertz CT molecular complexity index is 1440. The van der Waals surface area contributed by atoms with E-state index < -0.39 is 5.97 Å². The van der Waals surface area contributed by atoms with Crippen LogP contribution in [0, 0.1) is 17.2 Å². The molecule has 0 aliphatic heterocycles. The van der Waals surface area contributed by atoms with Gasteiger partial charge in [-0.2, -0.15) is 5.26 Å². The van der Waals surface area contributed by atoms with Gasteiger partial charge in [-0.05, 0) is 36.2 Å². The molecule has 0 atom stereocenters. The summed E-state index contributed by atoms with van der Waals surface area (Å²) in [6.45, 7) is 5.01. The third-order valence-electron chi connectivity index (χ3n) is 5.26. The van der Waals surface area contributed by atoms with Crippen LogP contribution >= 0.6 is 0 Å². The first-order valence-electron chi connectivity index (χ1n) is 12.1. The number of pyridine rings is 1. The number of nitrogens with one attached hydrogen (secondary N) is 1. The summed E-state index contributed by atoms with van der Waals surface area (Å²) in [6.07, 6.45) is 1.77. The van der Waals surface area contributed by atoms with E-state index in [1.807, 2.05) is 38.1 Å². The van der Waals surface area contributed by atoms with Gasteiger partial charge in [0, 0.05) is 12.7 Å². The molecule has 4 rings (SSSR count). The minimum Gasteiger partial charge on any atom is -0.464 e. The van der Waals surface area contributed by atoms with Crippen LogP contribution in [0.25, 0.3) is 22.6 Å². The third kappa shape index (κ3) is 7.18. The van der Waals surface area contributed by atoms with Crippen LogP contribution in [0.15, 0.2) is 54.7 Å². The molecule has 0 radical (unpaired) electrons. The summed E-state index contributed by atoms with van der Waals surface area (Å²) >= 11 is 0. The summed E-state index contributed by atoms with van der Waals surface area (Å²) < 4.78 is 12.1. The molecule has 3 aromatic heterocycles. The number of benzene rings is 1. The molecule has 11 heteroatoms. The van der Waals surface area contributed by atoms with Crippen molar-refractivity contribution >= 4 is 11.9 Å². The molecule has 0 aliphatic carbocycles. The molecule has 11 nitrogen and oxygen atoms in total. The zero-order valence-corrected chi connectivity index (χ0v) is 21.5. The van der Waals surface area contributed by atoms with Crippen molar-refractivity contribution in [1.82, 2.24) is 29.9 Å². The molecule has 0 saturated carbocycles. The fourth-order valence-corrected chi connectivity index (χ4v) is 3.52. The maximum absolute atomic E-state index is 12.1. The molecule has 4 aromatic rings. The monoisotopic (exact) mass is 512 g/mol. The van der Waals surface area contributed by atoms with E-state index in [1.54, 1.807) is 42.3 Å². The van der Waals surface area contributed by atoms with Crippen LogP contribution in [0.4, 0.5) is 5.95 Å². The Balaban J connectivity index is 1.61. The number of ether oxygens (including phenoxy) is 2. The standard InChI is InChI=1S/C27H28N8O3/c1-18(2)16-38-26(36)13-29-27-31-23(20-7-4-6-19(10-20)12-28)11-24(32-27)25-15-35(34-33-25)14-21-8-5-9-22(30-21)17-37-3/h4-11,15,18H,13-14,16-17H2,1-3H3,(H,29,31,32). The van der Waals surface area contributed by atoms with Crippen LogP contribution in [-0.2, 0) is 27.4 Å². The number of carbonyl (C=O) groups is 1. The fourth-order valence-electron chi connectivity index (χ4n) is 3.52. The number of carbonyl (C=O) groups excluding carboxylic acids is 1. The van der Waals surface area contributed by atoms with E-state index in [0.717, 1.165) is 17.0 Å². The Morgan fingerprint density at radius 2 is 1.84 bits per heavy atom. The van der Waals surface area contributed by atoms with Crippen LogP contribution < -0.4 is 5.32 Å². The lowest BCUT2D eigenvalue weighted by Gasteiger charge is -2.10. The number of esters is 1. The van der Waals surface area contributed by atoms with E-state index in [-0.39, 0.29) is 18.4 Å². The smallest absolute Gasteiger partial charge is 0.325 e. The molecule has 0 spiro atoms. The van der Waals surface area contributed by atoms with E-state index >= 15 is 0 Å². The maximum atomic E-state index is 12.1. The average Bonchev–Trinajstić information content (AvgIpc) is 3.39. The first kappa shape index (κ1) is 26.4. The van der Waals surface area contributed by atoms with Crippen molar-refractivity contribution in [3.8, 4) is 28.7 Å². The number of rotatable bonds is 11. The van der Waals surface area contributed by atoms with Gasteiger partial charge in [-0.15, -0.1) is 5.10 Å². The second kappa shape index (κ2) is 12.5. The van der Waals surface area contributed by atoms with Crippen molar-refractivity contribution in [2.45, 2.75) is 27.0 Å². The lowest BCUT2D eigenvalue weighted by atomic mass is 10.1. The number of aromatic nitrogens is 6. The van der Waals surface area contributed by atoms with Crippen molar-refractivity contribution in [2.75, 3.05) is 25.6 Å². The third-order valence-corrected chi connectivity index (χ3v) is 5.26. The highest BCUT2D eigenvalue weighted by atomic mass is 16.5. The highest BCUT2D eigenvalue weighted by molar-refractivity contribution is 5.75. The zero-order chi connectivity index (χ0) is 26.9. The van der Waals surface area contributed by atoms with Crippen LogP contribution in [0.2, 0.25) is 0 Å². The average molecular weight is 513 g/mol. The van der Waals surface area contributed by atoms with E-state index in [0.29, 0.717) is 42.4 Å². The maximum Gasteiger partial charge on any atom is 0.325 e. The molecule has 0 unspecified atom stereocenters. The lowest BCUT2D eigenvalue weighted by Crippen LogP contribution is -2.20. The van der Waals surface area contributed by atoms with Gasteiger partial charge in [0.1, 0.15) is 12.2 Å². The van der Waals surface area contributed by atoms with Gasteiger partial charge < -0.3 is 14.8 Å². The summed E-state index contributed by atoms with van der Waals surface area (Å²) in [6, 6.07) is 16.7. The molecule has 0 fully saturated rings. The summed E-state index contributed by atoms with van der Waals surface area (Å²) in [4.78, 5) is 25.8. The van der Waals surface area contributed by atoms with Gasteiger partial charge >= 0.3 is 5.97 Å². The molecule has 194 valence electrons. The highest BCUT2D eigenvalue weighted by Gasteiger charge is 2.14. The van der Waals surface area contributed by atoms with Gasteiger partial charge in [0.25, 0.3) is 0 Å². The summed E-state index contributed by atoms with van der Waals surface area (Å²) in [7, 11) is 1.63. The molecule has 0 bridgehead atoms. The summed E-state index contributed by atoms with van der Waals surface area (Å²) in [5.41, 5.74) is 4.45. The first-order valence-corrected chi connectivity index (χ1v) is 12.1. The Hall–Kier alpha value is -4.69. The van der Waals surface area contributed by atoms with E-state index in [4.69, 9.17) is 9.47 Å². The minimum atomic E-state index is -0.408. The molecule has 1 N–H and O–H groups in total. The van der Waals surface area contributed by atoms with E-state index in [1.165, 1.54) is 0 Å². The van der Waals surface area contributed by atoms with Gasteiger partial charge in [-0.3, -0.25) is 9.78 Å². The number of hydrogen-bond acceptors (Lipinski definition) is 10. The molecular formula is C27H28N8O3. The van der Waals surface area contributed by atoms with E-state index in [9.17, 15) is 10.1 Å². The minimum absolute atomic E-state index is 0.0932. The number of methoxy groups -OCH3 is 1. The first-order chi connectivity index (χ1) is 18.4. The van der Waals surface area contributed by atoms with Gasteiger partial charge in [-0.25, -0.2) is 14.6 Å². The van der Waals surface area contributed by atoms with Gasteiger partial charge in [-0.1, -0.05) is 37.3 Å². The van der Waals surface area contributed by atoms with Crippen molar-refractivity contribution in [1.29, 1.82) is 5.26 Å². The second-order valence-corrected chi connectivity index (χ2v) is 8.94. The molecule has 3 heterocycles. The summed E-state index contributed by atoms with van der Waals surface area (Å²) in [5.74, 6) is 0.0533. The Kier molecular flexibility index (Phi) is 8.69. The van der Waals surface area contributed by atoms with Crippen molar-refractivity contribution < 1.29 is 14.3 Å². The molecule has 38 heavy (non-hydrogen) atoms. The Morgan fingerprint density at radius 3 is 2.63 bits per heavy atom. The van der Waals surface area contributed by atoms with Crippen LogP contribution in [0.1, 0.15) is 30.8 Å². The number of nitrogens with zero attached hydrogens (tertiary/aromatic N) is 7. The quantitative estimate of drug-likeness (QED) is 0.297. The van der Waals surface area contributed by atoms with Gasteiger partial charge in [0.2, 0.25) is 5.95 Å². The molecule has 0 amide bonds. The SMILES string of the molecule is COCc1cccc(Cn2cc(-c3cc(-c4cccc(C#N)c4)nc(NCC(=O)OCC(C)C)n3)nn2)n1. The fraction of sp³-hybridized carbons (Fsp3) is 0.296. The van der Waals surface area contributed by atoms with Crippen LogP contribution in [0.5, 0.6) is 0 Å². The van der Waals surface area contributed by atoms with Gasteiger partial charge in [0.05, 0.1) is 60.4 Å². The predicted molar refractivity (Wildman–Crippen MR) is 140 cm³/mol. The largest absolute Gasteiger partial charge is 0.464 e. The van der Waals surface area contributed by atoms with Crippen molar-refractivity contribution in [2.24, 2.45) is 5.92 Å². The Morgan fingerprint density at radius 1 is 1.05 bits per heavy atom. The van der Waals surface area contributed by atoms with Crippen LogP contribution in [-0.4, -0.2) is 56.2 Å². The molecular weight excluding hydrogens is 484 g/mol. The van der Waals surface area contributed by atoms with Crippen molar-refractivity contribution in [3.05, 3.63) is 71.7 Å². The molecule has 0 aliphatic rings. The number of hydrogen-bond donors (Lipinski definition) is 1. The number of nitriles is 1. The normalized spacial score (nSPS) is 10.8. The summed E-state index contributed by atoms with van der Waals surface area (Å²) in [5, 5.41) is 20.8.